The Kier molecular flexibility index (Phi) is 7.32. The molecule has 0 N–H and O–H groups in total. The molecule has 0 heterocycles. The van der Waals surface area contributed by atoms with Gasteiger partial charge < -0.3 is 18.8 Å². The molecule has 0 fully saturated rings. The molecule has 1 unspecified atom stereocenters. The van der Waals surface area contributed by atoms with E-state index < -0.39 is 46.2 Å². The van der Waals surface area contributed by atoms with Crippen LogP contribution in [0.25, 0.3) is 0 Å². The maximum atomic E-state index is 13.2. The highest BCUT2D eigenvalue weighted by Crippen LogP contribution is 2.38. The van der Waals surface area contributed by atoms with Crippen LogP contribution < -0.4 is 9.47 Å². The first kappa shape index (κ1) is 24.3. The molecule has 1 rings (SSSR count). The van der Waals surface area contributed by atoms with Gasteiger partial charge in [0, 0.05) is 5.57 Å². The van der Waals surface area contributed by atoms with E-state index in [1.807, 2.05) is 0 Å². The monoisotopic (exact) mass is 447 g/mol. The number of hydrogen-bond donors (Lipinski definition) is 0. The Balaban J connectivity index is 2.78. The topological polar surface area (TPSA) is 119 Å². The van der Waals surface area contributed by atoms with Crippen LogP contribution in [0.1, 0.15) is 6.92 Å². The average molecular weight is 447 g/mol. The van der Waals surface area contributed by atoms with Gasteiger partial charge in [-0.25, -0.2) is 18.0 Å². The van der Waals surface area contributed by atoms with Crippen LogP contribution in [0.5, 0.6) is 11.5 Å². The second-order valence-electron chi connectivity index (χ2n) is 5.36. The average Bonchev–Trinajstić information content (AvgIpc) is 2.56. The van der Waals surface area contributed by atoms with E-state index in [1.165, 1.54) is 19.1 Å². The van der Waals surface area contributed by atoms with Gasteiger partial charge in [-0.1, -0.05) is 6.58 Å². The Morgan fingerprint density at radius 3 is 2.00 bits per heavy atom. The molecule has 1 atom stereocenters. The number of benzene rings is 1. The van der Waals surface area contributed by atoms with E-state index in [1.54, 1.807) is 0 Å². The van der Waals surface area contributed by atoms with Crippen LogP contribution in [0, 0.1) is 0 Å². The van der Waals surface area contributed by atoms with Crippen molar-refractivity contribution in [2.45, 2.75) is 24.5 Å². The number of ether oxygens (including phenoxy) is 3. The molecule has 0 saturated heterocycles. The predicted molar refractivity (Wildman–Crippen MR) is 83.0 cm³/mol. The predicted octanol–water partition coefficient (Wildman–Crippen LogP) is 2.16. The van der Waals surface area contributed by atoms with E-state index in [-0.39, 0.29) is 17.1 Å². The third-order valence-electron chi connectivity index (χ3n) is 2.92. The number of alkyl halides is 5. The Morgan fingerprint density at radius 2 is 1.59 bits per heavy atom. The number of halogens is 5. The summed E-state index contributed by atoms with van der Waals surface area (Å²) in [6, 6.07) is 4.59. The second kappa shape index (κ2) is 8.73. The first-order valence-corrected chi connectivity index (χ1v) is 8.66. The smallest absolute Gasteiger partial charge is 0.432 e. The molecule has 0 aliphatic heterocycles. The minimum atomic E-state index is -6.79. The standard InChI is InChI=1S/C15H13F5O8S/c1-8(2)12(22)27-10-5-3-9(4-6-10)26-7-11(21)28-13(14(16,17)18)15(19,20)29(23,24)25/h3-6,13H,1,7H2,2H3,(H,23,24,25)/p-1. The molecule has 0 radical (unpaired) electrons. The first-order valence-electron chi connectivity index (χ1n) is 7.25. The van der Waals surface area contributed by atoms with Crippen LogP contribution >= 0.6 is 0 Å². The summed E-state index contributed by atoms with van der Waals surface area (Å²) in [5.74, 6) is -2.89. The van der Waals surface area contributed by atoms with Gasteiger partial charge in [-0.2, -0.15) is 22.0 Å². The van der Waals surface area contributed by atoms with Crippen LogP contribution in [0.2, 0.25) is 0 Å². The first-order chi connectivity index (χ1) is 13.1. The molecule has 0 aliphatic carbocycles. The van der Waals surface area contributed by atoms with E-state index >= 15 is 0 Å². The number of rotatable bonds is 8. The maximum Gasteiger partial charge on any atom is 0.432 e. The zero-order valence-electron chi connectivity index (χ0n) is 14.4. The van der Waals surface area contributed by atoms with Gasteiger partial charge in [-0.05, 0) is 31.2 Å². The van der Waals surface area contributed by atoms with Gasteiger partial charge >= 0.3 is 23.4 Å². The Morgan fingerprint density at radius 1 is 1.10 bits per heavy atom. The fraction of sp³-hybridized carbons (Fsp3) is 0.333. The van der Waals surface area contributed by atoms with Gasteiger partial charge in [0.05, 0.1) is 0 Å². The fourth-order valence-corrected chi connectivity index (χ4v) is 2.01. The zero-order valence-corrected chi connectivity index (χ0v) is 15.2. The minimum Gasteiger partial charge on any atom is -0.743 e. The zero-order chi connectivity index (χ0) is 22.6. The Hall–Kier alpha value is -2.74. The van der Waals surface area contributed by atoms with E-state index in [0.717, 1.165) is 12.1 Å². The van der Waals surface area contributed by atoms with Crippen molar-refractivity contribution in [3.63, 3.8) is 0 Å². The van der Waals surface area contributed by atoms with Gasteiger partial charge in [0.2, 0.25) is 0 Å². The Bertz CT molecular complexity index is 877. The molecule has 8 nitrogen and oxygen atoms in total. The van der Waals surface area contributed by atoms with Crippen molar-refractivity contribution >= 4 is 22.1 Å². The second-order valence-corrected chi connectivity index (χ2v) is 6.81. The number of carbonyl (C=O) groups is 2. The number of hydrogen-bond acceptors (Lipinski definition) is 8. The van der Waals surface area contributed by atoms with Crippen molar-refractivity contribution in [2.24, 2.45) is 0 Å². The molecule has 0 aromatic heterocycles. The molecular formula is C15H12F5O8S-. The SMILES string of the molecule is C=C(C)C(=O)Oc1ccc(OCC(=O)OC(C(F)(F)F)C(F)(F)S(=O)(=O)[O-])cc1. The molecular weight excluding hydrogens is 435 g/mol. The van der Waals surface area contributed by atoms with Crippen molar-refractivity contribution in [1.29, 1.82) is 0 Å². The Labute approximate surface area is 160 Å². The quantitative estimate of drug-likeness (QED) is 0.196. The highest BCUT2D eigenvalue weighted by molar-refractivity contribution is 7.86. The summed E-state index contributed by atoms with van der Waals surface area (Å²) in [5.41, 5.74) is 0.101. The highest BCUT2D eigenvalue weighted by Gasteiger charge is 2.62. The van der Waals surface area contributed by atoms with Crippen molar-refractivity contribution in [2.75, 3.05) is 6.61 Å². The lowest BCUT2D eigenvalue weighted by molar-refractivity contribution is -0.259. The molecule has 0 amide bonds. The third kappa shape index (κ3) is 6.67. The summed E-state index contributed by atoms with van der Waals surface area (Å²) in [6.07, 6.45) is -10.6. The molecule has 1 aromatic carbocycles. The molecule has 14 heteroatoms. The van der Waals surface area contributed by atoms with Gasteiger partial charge in [-0.15, -0.1) is 0 Å². The third-order valence-corrected chi connectivity index (χ3v) is 3.81. The van der Waals surface area contributed by atoms with Crippen molar-refractivity contribution < 1.29 is 58.7 Å². The van der Waals surface area contributed by atoms with Gasteiger partial charge in [0.25, 0.3) is 6.10 Å². The highest BCUT2D eigenvalue weighted by atomic mass is 32.2. The van der Waals surface area contributed by atoms with Gasteiger partial charge in [0.15, 0.2) is 16.7 Å². The van der Waals surface area contributed by atoms with Crippen LogP contribution in [0.3, 0.4) is 0 Å². The van der Waals surface area contributed by atoms with Gasteiger partial charge in [-0.3, -0.25) is 0 Å². The normalized spacial score (nSPS) is 13.3. The lowest BCUT2D eigenvalue weighted by atomic mass is 10.3. The summed E-state index contributed by atoms with van der Waals surface area (Å²) < 4.78 is 108. The van der Waals surface area contributed by atoms with Crippen LogP contribution in [-0.4, -0.2) is 49.1 Å². The summed E-state index contributed by atoms with van der Waals surface area (Å²) >= 11 is 0. The molecule has 0 spiro atoms. The van der Waals surface area contributed by atoms with E-state index in [4.69, 9.17) is 9.47 Å². The largest absolute Gasteiger partial charge is 0.743 e. The summed E-state index contributed by atoms with van der Waals surface area (Å²) in [7, 11) is -6.79. The van der Waals surface area contributed by atoms with Crippen LogP contribution in [0.15, 0.2) is 36.4 Å². The fourth-order valence-electron chi connectivity index (χ4n) is 1.56. The minimum absolute atomic E-state index is 0.0327. The van der Waals surface area contributed by atoms with Crippen molar-refractivity contribution in [3.8, 4) is 11.5 Å². The van der Waals surface area contributed by atoms with Crippen molar-refractivity contribution in [3.05, 3.63) is 36.4 Å². The van der Waals surface area contributed by atoms with Crippen LogP contribution in [-0.2, 0) is 24.4 Å². The molecule has 1 aromatic rings. The number of carbonyl (C=O) groups excluding carboxylic acids is 2. The molecule has 162 valence electrons. The van der Waals surface area contributed by atoms with Crippen LogP contribution in [0.4, 0.5) is 22.0 Å². The summed E-state index contributed by atoms with van der Waals surface area (Å²) in [5, 5.41) is -5.95. The van der Waals surface area contributed by atoms with E-state index in [0.29, 0.717) is 0 Å². The maximum absolute atomic E-state index is 13.2. The molecule has 0 aliphatic rings. The lowest BCUT2D eigenvalue weighted by Gasteiger charge is -2.29. The summed E-state index contributed by atoms with van der Waals surface area (Å²) in [4.78, 5) is 22.7. The summed E-state index contributed by atoms with van der Waals surface area (Å²) in [6.45, 7) is 3.41. The molecule has 29 heavy (non-hydrogen) atoms. The molecule has 0 bridgehead atoms. The lowest BCUT2D eigenvalue weighted by Crippen LogP contribution is -2.52. The van der Waals surface area contributed by atoms with Gasteiger partial charge in [0.1, 0.15) is 11.5 Å². The van der Waals surface area contributed by atoms with Crippen molar-refractivity contribution in [1.82, 2.24) is 0 Å². The number of esters is 2. The molecule has 0 saturated carbocycles. The van der Waals surface area contributed by atoms with E-state index in [9.17, 15) is 44.5 Å². The van der Waals surface area contributed by atoms with E-state index in [2.05, 4.69) is 11.3 Å².